The second-order valence-corrected chi connectivity index (χ2v) is 9.20. The van der Waals surface area contributed by atoms with Gasteiger partial charge in [0.15, 0.2) is 0 Å². The Morgan fingerprint density at radius 2 is 1.64 bits per heavy atom. The van der Waals surface area contributed by atoms with E-state index in [1.54, 1.807) is 0 Å². The predicted octanol–water partition coefficient (Wildman–Crippen LogP) is 4.12. The molecule has 1 aromatic rings. The van der Waals surface area contributed by atoms with Crippen LogP contribution in [-0.2, 0) is 16.0 Å². The van der Waals surface area contributed by atoms with Crippen LogP contribution in [0.1, 0.15) is 79.1 Å². The van der Waals surface area contributed by atoms with E-state index in [0.717, 1.165) is 49.0 Å². The monoisotopic (exact) mass is 406 g/mol. The van der Waals surface area contributed by atoms with Crippen LogP contribution in [0, 0.1) is 18.8 Å². The number of aryl methyl sites for hydroxylation is 1. The molecule has 1 heterocycles. The second kappa shape index (κ2) is 9.07. The van der Waals surface area contributed by atoms with Crippen LogP contribution < -0.4 is 10.6 Å². The number of nitrogens with one attached hydrogen (secondary N) is 2. The van der Waals surface area contributed by atoms with E-state index in [0.29, 0.717) is 29.8 Å². The SMILES string of the molecule is CCc1c(C)sc(NC(=O)[C@@H]2CCCC[C@H]2C(=O)O)c1C(=O)NC1CCCC1. The lowest BCUT2D eigenvalue weighted by Crippen LogP contribution is -2.37. The Kier molecular flexibility index (Phi) is 6.75. The van der Waals surface area contributed by atoms with Crippen molar-refractivity contribution in [3.63, 3.8) is 0 Å². The van der Waals surface area contributed by atoms with Gasteiger partial charge in [-0.15, -0.1) is 11.3 Å². The average Bonchev–Trinajstić information content (AvgIpc) is 3.28. The van der Waals surface area contributed by atoms with E-state index in [9.17, 15) is 19.5 Å². The molecule has 2 saturated carbocycles. The zero-order valence-electron chi connectivity index (χ0n) is 16.7. The molecule has 1 aromatic heterocycles. The molecule has 0 radical (unpaired) electrons. The summed E-state index contributed by atoms with van der Waals surface area (Å²) in [6.45, 7) is 3.97. The van der Waals surface area contributed by atoms with Crippen molar-refractivity contribution in [2.75, 3.05) is 5.32 Å². The fourth-order valence-electron chi connectivity index (χ4n) is 4.61. The van der Waals surface area contributed by atoms with Crippen molar-refractivity contribution < 1.29 is 19.5 Å². The zero-order valence-corrected chi connectivity index (χ0v) is 17.5. The van der Waals surface area contributed by atoms with E-state index < -0.39 is 17.8 Å². The highest BCUT2D eigenvalue weighted by Crippen LogP contribution is 2.36. The van der Waals surface area contributed by atoms with Gasteiger partial charge in [0.2, 0.25) is 5.91 Å². The minimum absolute atomic E-state index is 0.123. The third-order valence-corrected chi connectivity index (χ3v) is 7.20. The number of hydrogen-bond acceptors (Lipinski definition) is 4. The summed E-state index contributed by atoms with van der Waals surface area (Å²) in [5.41, 5.74) is 1.53. The number of aliphatic carboxylic acids is 1. The number of amides is 2. The summed E-state index contributed by atoms with van der Waals surface area (Å²) in [7, 11) is 0. The van der Waals surface area contributed by atoms with E-state index in [1.165, 1.54) is 11.3 Å². The van der Waals surface area contributed by atoms with Crippen LogP contribution in [-0.4, -0.2) is 28.9 Å². The van der Waals surface area contributed by atoms with Crippen molar-refractivity contribution in [1.82, 2.24) is 5.32 Å². The Bertz CT molecular complexity index is 752. The number of thiophene rings is 1. The Labute approximate surface area is 170 Å². The molecule has 28 heavy (non-hydrogen) atoms. The van der Waals surface area contributed by atoms with E-state index in [2.05, 4.69) is 10.6 Å². The Hall–Kier alpha value is -1.89. The molecule has 2 aliphatic carbocycles. The molecule has 0 bridgehead atoms. The van der Waals surface area contributed by atoms with Gasteiger partial charge in [0.1, 0.15) is 5.00 Å². The van der Waals surface area contributed by atoms with Crippen LogP contribution >= 0.6 is 11.3 Å². The van der Waals surface area contributed by atoms with Gasteiger partial charge in [0, 0.05) is 10.9 Å². The lowest BCUT2D eigenvalue weighted by atomic mass is 9.79. The Balaban J connectivity index is 1.81. The summed E-state index contributed by atoms with van der Waals surface area (Å²) in [4.78, 5) is 38.5. The summed E-state index contributed by atoms with van der Waals surface area (Å²) >= 11 is 1.41. The molecule has 0 aromatic carbocycles. The lowest BCUT2D eigenvalue weighted by Gasteiger charge is -2.27. The number of carboxylic acids is 1. The fourth-order valence-corrected chi connectivity index (χ4v) is 5.75. The zero-order chi connectivity index (χ0) is 20.3. The van der Waals surface area contributed by atoms with Gasteiger partial charge in [-0.25, -0.2) is 0 Å². The van der Waals surface area contributed by atoms with Crippen LogP contribution in [0.5, 0.6) is 0 Å². The van der Waals surface area contributed by atoms with E-state index in [4.69, 9.17) is 0 Å². The molecular formula is C21H30N2O4S. The summed E-state index contributed by atoms with van der Waals surface area (Å²) in [5, 5.41) is 16.1. The van der Waals surface area contributed by atoms with Crippen LogP contribution in [0.3, 0.4) is 0 Å². The summed E-state index contributed by atoms with van der Waals surface area (Å²) in [5.74, 6) is -2.48. The molecule has 6 nitrogen and oxygen atoms in total. The number of hydrogen-bond donors (Lipinski definition) is 3. The quantitative estimate of drug-likeness (QED) is 0.662. The number of carbonyl (C=O) groups excluding carboxylic acids is 2. The smallest absolute Gasteiger partial charge is 0.307 e. The van der Waals surface area contributed by atoms with Crippen LogP contribution in [0.4, 0.5) is 5.00 Å². The molecule has 154 valence electrons. The van der Waals surface area contributed by atoms with Gasteiger partial charge in [-0.3, -0.25) is 14.4 Å². The van der Waals surface area contributed by atoms with Crippen molar-refractivity contribution in [3.05, 3.63) is 16.0 Å². The molecule has 0 saturated heterocycles. The molecule has 3 rings (SSSR count). The molecular weight excluding hydrogens is 376 g/mol. The first kappa shape index (κ1) is 20.8. The van der Waals surface area contributed by atoms with Gasteiger partial charge >= 0.3 is 5.97 Å². The minimum Gasteiger partial charge on any atom is -0.481 e. The van der Waals surface area contributed by atoms with Crippen LogP contribution in [0.15, 0.2) is 0 Å². The highest BCUT2D eigenvalue weighted by atomic mass is 32.1. The van der Waals surface area contributed by atoms with Crippen LogP contribution in [0.25, 0.3) is 0 Å². The standard InChI is InChI=1S/C21H30N2O4S/c1-3-14-12(2)28-20(17(14)19(25)22-13-8-4-5-9-13)23-18(24)15-10-6-7-11-16(15)21(26)27/h13,15-16H,3-11H2,1-2H3,(H,22,25)(H,23,24)(H,26,27)/t15-,16-/m1/s1. The van der Waals surface area contributed by atoms with Gasteiger partial charge in [-0.2, -0.15) is 0 Å². The Morgan fingerprint density at radius 3 is 2.25 bits per heavy atom. The summed E-state index contributed by atoms with van der Waals surface area (Å²) in [6, 6.07) is 0.204. The maximum absolute atomic E-state index is 13.0. The maximum atomic E-state index is 13.0. The summed E-state index contributed by atoms with van der Waals surface area (Å²) in [6.07, 6.45) is 7.80. The van der Waals surface area contributed by atoms with Crippen molar-refractivity contribution in [3.8, 4) is 0 Å². The number of carboxylic acid groups (broad SMARTS) is 1. The molecule has 0 spiro atoms. The molecule has 2 fully saturated rings. The molecule has 2 amide bonds. The first-order valence-corrected chi connectivity index (χ1v) is 11.2. The van der Waals surface area contributed by atoms with E-state index >= 15 is 0 Å². The number of rotatable bonds is 6. The number of carbonyl (C=O) groups is 3. The normalized spacial score (nSPS) is 22.8. The van der Waals surface area contributed by atoms with Gasteiger partial charge in [0.25, 0.3) is 5.91 Å². The van der Waals surface area contributed by atoms with E-state index in [-0.39, 0.29) is 17.9 Å². The predicted molar refractivity (Wildman–Crippen MR) is 110 cm³/mol. The van der Waals surface area contributed by atoms with Crippen molar-refractivity contribution in [1.29, 1.82) is 0 Å². The van der Waals surface area contributed by atoms with Crippen molar-refractivity contribution in [2.24, 2.45) is 11.8 Å². The van der Waals surface area contributed by atoms with E-state index in [1.807, 2.05) is 13.8 Å². The highest BCUT2D eigenvalue weighted by Gasteiger charge is 2.36. The summed E-state index contributed by atoms with van der Waals surface area (Å²) < 4.78 is 0. The molecule has 2 atom stereocenters. The van der Waals surface area contributed by atoms with Gasteiger partial charge < -0.3 is 15.7 Å². The molecule has 2 aliphatic rings. The fraction of sp³-hybridized carbons (Fsp3) is 0.667. The van der Waals surface area contributed by atoms with Gasteiger partial charge in [-0.05, 0) is 44.6 Å². The number of anilines is 1. The highest BCUT2D eigenvalue weighted by molar-refractivity contribution is 7.16. The third-order valence-electron chi connectivity index (χ3n) is 6.14. The maximum Gasteiger partial charge on any atom is 0.307 e. The minimum atomic E-state index is -0.907. The lowest BCUT2D eigenvalue weighted by molar-refractivity contribution is -0.147. The topological polar surface area (TPSA) is 95.5 Å². The third kappa shape index (κ3) is 4.40. The molecule has 0 unspecified atom stereocenters. The molecule has 3 N–H and O–H groups in total. The van der Waals surface area contributed by atoms with Crippen LogP contribution in [0.2, 0.25) is 0 Å². The van der Waals surface area contributed by atoms with Gasteiger partial charge in [-0.1, -0.05) is 32.6 Å². The van der Waals surface area contributed by atoms with Gasteiger partial charge in [0.05, 0.1) is 17.4 Å². The first-order valence-electron chi connectivity index (χ1n) is 10.4. The van der Waals surface area contributed by atoms with Crippen molar-refractivity contribution in [2.45, 2.75) is 77.7 Å². The van der Waals surface area contributed by atoms with Crippen molar-refractivity contribution >= 4 is 34.1 Å². The average molecular weight is 407 g/mol. The second-order valence-electron chi connectivity index (χ2n) is 7.97. The molecule has 7 heteroatoms. The first-order chi connectivity index (χ1) is 13.4. The Morgan fingerprint density at radius 1 is 1.04 bits per heavy atom. The molecule has 0 aliphatic heterocycles. The largest absolute Gasteiger partial charge is 0.481 e.